The molecule has 2 heterocycles. The minimum Gasteiger partial charge on any atom is -0.354 e. The zero-order valence-corrected chi connectivity index (χ0v) is 17.2. The minimum absolute atomic E-state index is 0. The summed E-state index contributed by atoms with van der Waals surface area (Å²) >= 11 is 2.88. The molecule has 6 nitrogen and oxygen atoms in total. The average Bonchev–Trinajstić information content (AvgIpc) is 3.17. The van der Waals surface area contributed by atoms with Gasteiger partial charge in [-0.1, -0.05) is 6.07 Å². The predicted octanol–water partition coefficient (Wildman–Crippen LogP) is 2.50. The van der Waals surface area contributed by atoms with Gasteiger partial charge >= 0.3 is 0 Å². The van der Waals surface area contributed by atoms with Gasteiger partial charge in [-0.25, -0.2) is 4.98 Å². The number of halogens is 2. The van der Waals surface area contributed by atoms with E-state index in [0.29, 0.717) is 23.8 Å². The van der Waals surface area contributed by atoms with Crippen molar-refractivity contribution in [3.05, 3.63) is 33.5 Å². The SMILES string of the molecule is CNC(C)CNC(=O)Cc1csc(NC(=O)Cc2cccs2)n1.Cl.Cl. The fraction of sp³-hybridized carbons (Fsp3) is 0.400. The van der Waals surface area contributed by atoms with Gasteiger partial charge in [0.15, 0.2) is 5.13 Å². The molecule has 2 aromatic heterocycles. The van der Waals surface area contributed by atoms with E-state index in [-0.39, 0.29) is 49.1 Å². The molecular formula is C15H22Cl2N4O2S2. The number of aromatic nitrogens is 1. The summed E-state index contributed by atoms with van der Waals surface area (Å²) in [5.74, 6) is -0.172. The fourth-order valence-electron chi connectivity index (χ4n) is 1.78. The lowest BCUT2D eigenvalue weighted by Crippen LogP contribution is -2.37. The third-order valence-electron chi connectivity index (χ3n) is 3.15. The molecule has 2 rings (SSSR count). The van der Waals surface area contributed by atoms with Crippen molar-refractivity contribution < 1.29 is 9.59 Å². The number of carbonyl (C=O) groups is 2. The molecule has 2 aromatic rings. The van der Waals surface area contributed by atoms with Crippen molar-refractivity contribution in [2.75, 3.05) is 18.9 Å². The number of nitrogens with zero attached hydrogens (tertiary/aromatic N) is 1. The van der Waals surface area contributed by atoms with Crippen molar-refractivity contribution in [3.63, 3.8) is 0 Å². The molecule has 1 atom stereocenters. The Morgan fingerprint density at radius 2 is 1.96 bits per heavy atom. The standard InChI is InChI=1S/C15H20N4O2S2.2ClH/c1-10(16-2)8-17-13(20)6-11-9-23-15(18-11)19-14(21)7-12-4-3-5-22-12;;/h3-5,9-10,16H,6-8H2,1-2H3,(H,17,20)(H,18,19,21);2*1H. The van der Waals surface area contributed by atoms with E-state index in [9.17, 15) is 9.59 Å². The molecule has 0 bridgehead atoms. The maximum absolute atomic E-state index is 11.9. The molecule has 0 aliphatic carbocycles. The quantitative estimate of drug-likeness (QED) is 0.607. The number of likely N-dealkylation sites (N-methyl/N-ethyl adjacent to an activating group) is 1. The number of carbonyl (C=O) groups excluding carboxylic acids is 2. The largest absolute Gasteiger partial charge is 0.354 e. The monoisotopic (exact) mass is 424 g/mol. The average molecular weight is 425 g/mol. The Hall–Kier alpha value is -1.19. The molecule has 0 aliphatic rings. The van der Waals surface area contributed by atoms with Crippen LogP contribution in [0.5, 0.6) is 0 Å². The summed E-state index contributed by atoms with van der Waals surface area (Å²) < 4.78 is 0. The molecular weight excluding hydrogens is 403 g/mol. The summed E-state index contributed by atoms with van der Waals surface area (Å²) in [5.41, 5.74) is 0.663. The van der Waals surface area contributed by atoms with Crippen LogP contribution >= 0.6 is 47.5 Å². The number of hydrogen-bond donors (Lipinski definition) is 3. The van der Waals surface area contributed by atoms with E-state index in [1.807, 2.05) is 31.5 Å². The molecule has 10 heteroatoms. The highest BCUT2D eigenvalue weighted by Crippen LogP contribution is 2.17. The molecule has 25 heavy (non-hydrogen) atoms. The van der Waals surface area contributed by atoms with Crippen molar-refractivity contribution in [1.82, 2.24) is 15.6 Å². The molecule has 0 spiro atoms. The Morgan fingerprint density at radius 3 is 2.60 bits per heavy atom. The molecule has 2 amide bonds. The number of amides is 2. The molecule has 0 aromatic carbocycles. The molecule has 1 unspecified atom stereocenters. The van der Waals surface area contributed by atoms with Crippen molar-refractivity contribution in [1.29, 1.82) is 0 Å². The first-order valence-electron chi connectivity index (χ1n) is 7.27. The second-order valence-corrected chi connectivity index (χ2v) is 7.01. The van der Waals surface area contributed by atoms with Gasteiger partial charge in [-0.3, -0.25) is 9.59 Å². The van der Waals surface area contributed by atoms with Crippen LogP contribution in [0.4, 0.5) is 5.13 Å². The van der Waals surface area contributed by atoms with Crippen LogP contribution in [-0.4, -0.2) is 36.4 Å². The van der Waals surface area contributed by atoms with E-state index in [1.165, 1.54) is 11.3 Å². The van der Waals surface area contributed by atoms with Crippen LogP contribution in [0.3, 0.4) is 0 Å². The number of anilines is 1. The molecule has 0 aliphatic heterocycles. The van der Waals surface area contributed by atoms with Gasteiger partial charge in [0.25, 0.3) is 0 Å². The van der Waals surface area contributed by atoms with E-state index < -0.39 is 0 Å². The zero-order valence-electron chi connectivity index (χ0n) is 13.9. The topological polar surface area (TPSA) is 83.1 Å². The lowest BCUT2D eigenvalue weighted by atomic mass is 10.3. The maximum atomic E-state index is 11.9. The van der Waals surface area contributed by atoms with Crippen LogP contribution in [-0.2, 0) is 22.4 Å². The van der Waals surface area contributed by atoms with Crippen molar-refractivity contribution in [2.24, 2.45) is 0 Å². The number of rotatable bonds is 8. The Balaban J connectivity index is 0.00000288. The predicted molar refractivity (Wildman–Crippen MR) is 108 cm³/mol. The molecule has 0 saturated heterocycles. The highest BCUT2D eigenvalue weighted by molar-refractivity contribution is 7.14. The summed E-state index contributed by atoms with van der Waals surface area (Å²) in [7, 11) is 1.85. The summed E-state index contributed by atoms with van der Waals surface area (Å²) in [4.78, 5) is 29.0. The van der Waals surface area contributed by atoms with Gasteiger partial charge in [0.1, 0.15) is 0 Å². The molecule has 140 valence electrons. The highest BCUT2D eigenvalue weighted by Gasteiger charge is 2.11. The smallest absolute Gasteiger partial charge is 0.231 e. The van der Waals surface area contributed by atoms with Crippen LogP contribution in [0.15, 0.2) is 22.9 Å². The summed E-state index contributed by atoms with van der Waals surface area (Å²) in [6, 6.07) is 4.07. The maximum Gasteiger partial charge on any atom is 0.231 e. The van der Waals surface area contributed by atoms with E-state index >= 15 is 0 Å². The van der Waals surface area contributed by atoms with Crippen LogP contribution in [0, 0.1) is 0 Å². The lowest BCUT2D eigenvalue weighted by molar-refractivity contribution is -0.120. The summed E-state index contributed by atoms with van der Waals surface area (Å²) in [6.45, 7) is 2.56. The first kappa shape index (κ1) is 23.8. The summed E-state index contributed by atoms with van der Waals surface area (Å²) in [6.07, 6.45) is 0.558. The van der Waals surface area contributed by atoms with Gasteiger partial charge in [0.2, 0.25) is 11.8 Å². The van der Waals surface area contributed by atoms with Gasteiger partial charge in [-0.2, -0.15) is 0 Å². The minimum atomic E-state index is -0.0966. The van der Waals surface area contributed by atoms with Gasteiger partial charge in [0.05, 0.1) is 18.5 Å². The van der Waals surface area contributed by atoms with Crippen molar-refractivity contribution in [2.45, 2.75) is 25.8 Å². The lowest BCUT2D eigenvalue weighted by Gasteiger charge is -2.10. The Bertz CT molecular complexity index is 650. The number of hydrogen-bond acceptors (Lipinski definition) is 6. The zero-order chi connectivity index (χ0) is 16.7. The third-order valence-corrected chi connectivity index (χ3v) is 4.84. The van der Waals surface area contributed by atoms with E-state index in [1.54, 1.807) is 16.7 Å². The Labute approximate surface area is 167 Å². The van der Waals surface area contributed by atoms with Gasteiger partial charge < -0.3 is 16.0 Å². The van der Waals surface area contributed by atoms with Gasteiger partial charge in [-0.05, 0) is 25.4 Å². The molecule has 0 radical (unpaired) electrons. The van der Waals surface area contributed by atoms with Crippen LogP contribution < -0.4 is 16.0 Å². The van der Waals surface area contributed by atoms with Crippen LogP contribution in [0.1, 0.15) is 17.5 Å². The van der Waals surface area contributed by atoms with Crippen molar-refractivity contribution >= 4 is 64.4 Å². The number of nitrogens with one attached hydrogen (secondary N) is 3. The highest BCUT2D eigenvalue weighted by atomic mass is 35.5. The van der Waals surface area contributed by atoms with E-state index in [0.717, 1.165) is 4.88 Å². The van der Waals surface area contributed by atoms with Gasteiger partial charge in [0, 0.05) is 22.8 Å². The third kappa shape index (κ3) is 8.64. The van der Waals surface area contributed by atoms with E-state index in [4.69, 9.17) is 0 Å². The second-order valence-electron chi connectivity index (χ2n) is 5.12. The number of thiophene rings is 1. The number of thiazole rings is 1. The molecule has 0 fully saturated rings. The second kappa shape index (κ2) is 12.2. The Morgan fingerprint density at radius 1 is 1.20 bits per heavy atom. The van der Waals surface area contributed by atoms with E-state index in [2.05, 4.69) is 20.9 Å². The summed E-state index contributed by atoms with van der Waals surface area (Å²) in [5, 5.41) is 12.9. The normalized spacial score (nSPS) is 11.0. The van der Waals surface area contributed by atoms with Gasteiger partial charge in [-0.15, -0.1) is 47.5 Å². The fourth-order valence-corrected chi connectivity index (χ4v) is 3.21. The van der Waals surface area contributed by atoms with Crippen molar-refractivity contribution in [3.8, 4) is 0 Å². The molecule has 0 saturated carbocycles. The first-order valence-corrected chi connectivity index (χ1v) is 9.03. The first-order chi connectivity index (χ1) is 11.1. The molecule has 3 N–H and O–H groups in total. The van der Waals surface area contributed by atoms with Crippen LogP contribution in [0.2, 0.25) is 0 Å². The Kier molecular flexibility index (Phi) is 11.6. The van der Waals surface area contributed by atoms with Crippen LogP contribution in [0.25, 0.3) is 0 Å².